The fourth-order valence-electron chi connectivity index (χ4n) is 3.79. The summed E-state index contributed by atoms with van der Waals surface area (Å²) in [5, 5.41) is 44.6. The summed E-state index contributed by atoms with van der Waals surface area (Å²) in [5.41, 5.74) is 0. The fourth-order valence-corrected chi connectivity index (χ4v) is 5.00. The summed E-state index contributed by atoms with van der Waals surface area (Å²) >= 11 is 1.14. The minimum atomic E-state index is -1.27. The normalized spacial score (nSPS) is 14.6. The molecule has 0 saturated carbocycles. The van der Waals surface area contributed by atoms with Gasteiger partial charge in [0.25, 0.3) is 0 Å². The number of nitrogens with one attached hydrogen (secondary N) is 3. The Labute approximate surface area is 264 Å². The summed E-state index contributed by atoms with van der Waals surface area (Å²) in [6, 6.07) is -2.12. The first-order valence-electron chi connectivity index (χ1n) is 14.9. The molecule has 12 nitrogen and oxygen atoms in total. The smallest absolute Gasteiger partial charge is 0.322 e. The van der Waals surface area contributed by atoms with Crippen molar-refractivity contribution in [3.63, 3.8) is 0 Å². The monoisotopic (exact) mass is 639 g/mol. The van der Waals surface area contributed by atoms with E-state index in [0.29, 0.717) is 0 Å². The highest BCUT2D eigenvalue weighted by Crippen LogP contribution is 2.22. The van der Waals surface area contributed by atoms with Crippen LogP contribution in [0.15, 0.2) is 48.6 Å². The van der Waals surface area contributed by atoms with Crippen LogP contribution in [0.25, 0.3) is 0 Å². The van der Waals surface area contributed by atoms with Gasteiger partial charge in [0.1, 0.15) is 18.6 Å². The van der Waals surface area contributed by atoms with Crippen LogP contribution in [0, 0.1) is 0 Å². The topological polar surface area (TPSA) is 202 Å². The van der Waals surface area contributed by atoms with E-state index in [0.717, 1.165) is 24.6 Å². The van der Waals surface area contributed by atoms with Crippen LogP contribution in [-0.4, -0.2) is 92.9 Å². The number of amides is 2. The average molecular weight is 640 g/mol. The number of aliphatic carboxylic acids is 3. The second kappa shape index (κ2) is 26.0. The number of carbonyl (C=O) groups excluding carboxylic acids is 2. The number of aliphatic hydroxyl groups is 1. The summed E-state index contributed by atoms with van der Waals surface area (Å²) < 4.78 is 0. The van der Waals surface area contributed by atoms with Gasteiger partial charge >= 0.3 is 17.9 Å². The number of allylic oxidation sites excluding steroid dienone is 7. The van der Waals surface area contributed by atoms with Gasteiger partial charge in [-0.2, -0.15) is 0 Å². The van der Waals surface area contributed by atoms with E-state index in [-0.39, 0.29) is 37.9 Å². The van der Waals surface area contributed by atoms with Gasteiger partial charge in [-0.25, -0.2) is 0 Å². The van der Waals surface area contributed by atoms with Crippen molar-refractivity contribution < 1.29 is 44.4 Å². The molecule has 4 atom stereocenters. The van der Waals surface area contributed by atoms with Crippen LogP contribution in [0.4, 0.5) is 0 Å². The number of likely N-dealkylation sites (N-methyl/N-ethyl adjacent to an activating group) is 1. The van der Waals surface area contributed by atoms with Gasteiger partial charge in [-0.3, -0.25) is 24.0 Å². The number of unbranched alkanes of at least 4 members (excludes halogenated alkanes) is 3. The third-order valence-corrected chi connectivity index (χ3v) is 7.66. The van der Waals surface area contributed by atoms with E-state index >= 15 is 0 Å². The molecule has 0 aromatic rings. The van der Waals surface area contributed by atoms with Gasteiger partial charge in [0.2, 0.25) is 11.8 Å². The Morgan fingerprint density at radius 1 is 0.818 bits per heavy atom. The molecule has 44 heavy (non-hydrogen) atoms. The van der Waals surface area contributed by atoms with Gasteiger partial charge in [0, 0.05) is 23.8 Å². The number of aliphatic hydroxyl groups excluding tert-OH is 1. The predicted octanol–water partition coefficient (Wildman–Crippen LogP) is 3.04. The van der Waals surface area contributed by atoms with Crippen molar-refractivity contribution in [1.29, 1.82) is 0 Å². The zero-order valence-electron chi connectivity index (χ0n) is 25.7. The molecule has 248 valence electrons. The number of carboxylic acid groups (broad SMARTS) is 3. The summed E-state index contributed by atoms with van der Waals surface area (Å²) in [6.45, 7) is 1.51. The zero-order chi connectivity index (χ0) is 33.2. The van der Waals surface area contributed by atoms with Crippen molar-refractivity contribution in [2.24, 2.45) is 0 Å². The maximum atomic E-state index is 12.7. The highest BCUT2D eigenvalue weighted by atomic mass is 32.2. The molecule has 0 radical (unpaired) electrons. The van der Waals surface area contributed by atoms with E-state index in [2.05, 4.69) is 35.0 Å². The van der Waals surface area contributed by atoms with Crippen LogP contribution in [0.3, 0.4) is 0 Å². The van der Waals surface area contributed by atoms with Crippen molar-refractivity contribution >= 4 is 41.5 Å². The molecule has 0 aliphatic carbocycles. The van der Waals surface area contributed by atoms with Crippen LogP contribution < -0.4 is 16.0 Å². The standard InChI is InChI=1S/C31H49N3O9S/c1-3-4-5-6-7-8-9-10-11-12-13-14-17-26(25(35)16-15-18-28(37)38)44-22-24(30(41)33-21-29(39)40)34-27(36)20-19-23(32-2)31(42)43/h7-8,10-14,17,23-26,32,35H,3-6,9,15-16,18-22H2,1-2H3,(H,33,41)(H,34,36)(H,37,38)(H,39,40)(H,42,43)/b8-7-,11-10+,13-12+,17-14+/t23-,24+,25+,26+/m0/s1. The predicted molar refractivity (Wildman–Crippen MR) is 171 cm³/mol. The summed E-state index contributed by atoms with van der Waals surface area (Å²) in [5.74, 6) is -4.76. The van der Waals surface area contributed by atoms with Gasteiger partial charge in [0.05, 0.1) is 6.10 Å². The molecule has 0 heterocycles. The Kier molecular flexibility index (Phi) is 24.0. The third kappa shape index (κ3) is 22.2. The number of thioether (sulfide) groups is 1. The number of hydrogen-bond acceptors (Lipinski definition) is 8. The van der Waals surface area contributed by atoms with Crippen LogP contribution in [0.2, 0.25) is 0 Å². The fraction of sp³-hybridized carbons (Fsp3) is 0.581. The van der Waals surface area contributed by atoms with Crippen molar-refractivity contribution in [2.75, 3.05) is 19.3 Å². The first-order chi connectivity index (χ1) is 21.0. The lowest BCUT2D eigenvalue weighted by molar-refractivity contribution is -0.140. The molecule has 7 N–H and O–H groups in total. The van der Waals surface area contributed by atoms with E-state index in [1.54, 1.807) is 18.2 Å². The maximum Gasteiger partial charge on any atom is 0.322 e. The first-order valence-corrected chi connectivity index (χ1v) is 15.9. The molecule has 0 spiro atoms. The summed E-state index contributed by atoms with van der Waals surface area (Å²) in [7, 11) is 1.45. The van der Waals surface area contributed by atoms with E-state index < -0.39 is 59.7 Å². The van der Waals surface area contributed by atoms with Crippen molar-refractivity contribution in [1.82, 2.24) is 16.0 Å². The molecular weight excluding hydrogens is 590 g/mol. The van der Waals surface area contributed by atoms with Crippen molar-refractivity contribution in [3.8, 4) is 0 Å². The van der Waals surface area contributed by atoms with Crippen molar-refractivity contribution in [2.45, 2.75) is 94.6 Å². The summed E-state index contributed by atoms with van der Waals surface area (Å²) in [6.07, 6.45) is 19.8. The van der Waals surface area contributed by atoms with E-state index in [1.807, 2.05) is 18.2 Å². The van der Waals surface area contributed by atoms with Crippen LogP contribution >= 0.6 is 11.8 Å². The molecular formula is C31H49N3O9S. The largest absolute Gasteiger partial charge is 0.481 e. The zero-order valence-corrected chi connectivity index (χ0v) is 26.5. The molecule has 0 aromatic heterocycles. The van der Waals surface area contributed by atoms with Crippen molar-refractivity contribution in [3.05, 3.63) is 48.6 Å². The highest BCUT2D eigenvalue weighted by molar-refractivity contribution is 8.00. The molecule has 0 bridgehead atoms. The SMILES string of the molecule is CCCCC/C=C\C/C=C/C=C/C=C/[C@@H](SC[C@@H](NC(=O)CC[C@H](NC)C(=O)O)C(=O)NCC(=O)O)[C@H](O)CCCC(=O)O. The number of rotatable bonds is 26. The first kappa shape index (κ1) is 40.6. The molecule has 0 aromatic carbocycles. The lowest BCUT2D eigenvalue weighted by Gasteiger charge is -2.23. The van der Waals surface area contributed by atoms with E-state index in [1.165, 1.54) is 26.3 Å². The molecule has 0 saturated heterocycles. The minimum Gasteiger partial charge on any atom is -0.481 e. The van der Waals surface area contributed by atoms with E-state index in [9.17, 15) is 29.1 Å². The number of carboxylic acids is 3. The Morgan fingerprint density at radius 2 is 1.55 bits per heavy atom. The van der Waals surface area contributed by atoms with Gasteiger partial charge in [-0.1, -0.05) is 68.4 Å². The lowest BCUT2D eigenvalue weighted by Crippen LogP contribution is -2.50. The second-order valence-corrected chi connectivity index (χ2v) is 11.2. The van der Waals surface area contributed by atoms with Crippen LogP contribution in [0.1, 0.15) is 71.1 Å². The minimum absolute atomic E-state index is 0.0298. The van der Waals surface area contributed by atoms with Gasteiger partial charge in [0.15, 0.2) is 0 Å². The Bertz CT molecular complexity index is 998. The highest BCUT2D eigenvalue weighted by Gasteiger charge is 2.26. The third-order valence-electron chi connectivity index (χ3n) is 6.28. The van der Waals surface area contributed by atoms with Crippen LogP contribution in [0.5, 0.6) is 0 Å². The Hall–Kier alpha value is -3.42. The Balaban J connectivity index is 5.43. The lowest BCUT2D eigenvalue weighted by atomic mass is 10.1. The van der Waals surface area contributed by atoms with Gasteiger partial charge in [-0.15, -0.1) is 11.8 Å². The van der Waals surface area contributed by atoms with E-state index in [4.69, 9.17) is 15.3 Å². The maximum absolute atomic E-state index is 12.7. The second-order valence-electron chi connectivity index (χ2n) is 10.0. The molecule has 0 aliphatic rings. The molecule has 2 amide bonds. The van der Waals surface area contributed by atoms with Crippen LogP contribution in [-0.2, 0) is 24.0 Å². The molecule has 0 unspecified atom stereocenters. The number of hydrogen-bond donors (Lipinski definition) is 7. The molecule has 13 heteroatoms. The quantitative estimate of drug-likeness (QED) is 0.0416. The van der Waals surface area contributed by atoms with Gasteiger partial charge in [-0.05, 0) is 45.6 Å². The number of carbonyl (C=O) groups is 5. The molecule has 0 rings (SSSR count). The Morgan fingerprint density at radius 3 is 2.18 bits per heavy atom. The molecule has 0 aliphatic heterocycles. The molecule has 0 fully saturated rings. The van der Waals surface area contributed by atoms with Gasteiger partial charge < -0.3 is 36.4 Å². The summed E-state index contributed by atoms with van der Waals surface area (Å²) in [4.78, 5) is 58.3. The average Bonchev–Trinajstić information content (AvgIpc) is 2.97.